The first-order chi connectivity index (χ1) is 34.6. The van der Waals surface area contributed by atoms with E-state index in [1.165, 1.54) is 0 Å². The highest BCUT2D eigenvalue weighted by Crippen LogP contribution is 2.55. The van der Waals surface area contributed by atoms with Gasteiger partial charge in [0.05, 0.1) is 12.1 Å². The molecule has 0 amide bonds. The largest absolute Gasteiger partial charge is 0.473 e. The molecule has 0 saturated carbocycles. The Labute approximate surface area is 411 Å². The average molecular weight is 903 g/mol. The third kappa shape index (κ3) is 8.41. The average Bonchev–Trinajstić information content (AvgIpc) is 3.46. The van der Waals surface area contributed by atoms with Crippen molar-refractivity contribution in [3.05, 3.63) is 348 Å². The van der Waals surface area contributed by atoms with Crippen LogP contribution >= 0.6 is 0 Å². The summed E-state index contributed by atoms with van der Waals surface area (Å²) in [4.78, 5) is 0. The minimum absolute atomic E-state index is 0.739. The standard InChI is InChI=1S/C38H30O2.C28H20N2/c1-7-19-31(20-8-1)37(32-21-9-2-10-22-32,39-35-27-15-5-16-28-35)38(33-23-11-3-12-24-33,34-25-13-4-14-26-34)40-36-29-17-6-18-30-36;29-21-27(23-13-5-1-6-14-23,24-15-7-2-8-16-24)28(22-30,25-17-9-3-10-18-25)26-19-11-4-12-20-26/h1-30H;1-20H. The van der Waals surface area contributed by atoms with Gasteiger partial charge in [-0.25, -0.2) is 0 Å². The van der Waals surface area contributed by atoms with Crippen molar-refractivity contribution in [2.75, 3.05) is 0 Å². The lowest BCUT2D eigenvalue weighted by molar-refractivity contribution is -0.0775. The molecule has 0 fully saturated rings. The highest BCUT2D eigenvalue weighted by Gasteiger charge is 2.61. The Balaban J connectivity index is 0.000000181. The lowest BCUT2D eigenvalue weighted by Gasteiger charge is -2.51. The van der Waals surface area contributed by atoms with Crippen LogP contribution in [0.25, 0.3) is 0 Å². The molecule has 0 aromatic heterocycles. The summed E-state index contributed by atoms with van der Waals surface area (Å²) in [5.74, 6) is 1.48. The number of hydrogen-bond donors (Lipinski definition) is 0. The van der Waals surface area contributed by atoms with E-state index in [4.69, 9.17) is 9.47 Å². The fourth-order valence-electron chi connectivity index (χ4n) is 9.93. The monoisotopic (exact) mass is 902 g/mol. The smallest absolute Gasteiger partial charge is 0.207 e. The number of ether oxygens (including phenoxy) is 2. The lowest BCUT2D eigenvalue weighted by atomic mass is 9.53. The summed E-state index contributed by atoms with van der Waals surface area (Å²) in [5.41, 5.74) is 2.18. The second-order valence-electron chi connectivity index (χ2n) is 16.8. The molecule has 0 aliphatic carbocycles. The Morgan fingerprint density at radius 2 is 0.371 bits per heavy atom. The predicted molar refractivity (Wildman–Crippen MR) is 280 cm³/mol. The van der Waals surface area contributed by atoms with Crippen LogP contribution in [0.2, 0.25) is 0 Å². The third-order valence-electron chi connectivity index (χ3n) is 13.0. The van der Waals surface area contributed by atoms with Crippen LogP contribution in [0.1, 0.15) is 44.5 Å². The van der Waals surface area contributed by atoms with Crippen molar-refractivity contribution < 1.29 is 9.47 Å². The van der Waals surface area contributed by atoms with E-state index >= 15 is 0 Å². The summed E-state index contributed by atoms with van der Waals surface area (Å²) in [5, 5.41) is 21.7. The van der Waals surface area contributed by atoms with E-state index in [-0.39, 0.29) is 0 Å². The molecular weight excluding hydrogens is 853 g/mol. The third-order valence-corrected chi connectivity index (χ3v) is 13.0. The second-order valence-corrected chi connectivity index (χ2v) is 16.8. The highest BCUT2D eigenvalue weighted by molar-refractivity contribution is 5.64. The molecule has 4 nitrogen and oxygen atoms in total. The molecule has 10 aromatic rings. The molecule has 0 heterocycles. The molecule has 0 radical (unpaired) electrons. The number of rotatable bonds is 14. The summed E-state index contributed by atoms with van der Waals surface area (Å²) >= 11 is 0. The van der Waals surface area contributed by atoms with Crippen LogP contribution < -0.4 is 9.47 Å². The van der Waals surface area contributed by atoms with Crippen molar-refractivity contribution in [3.63, 3.8) is 0 Å². The Bertz CT molecular complexity index is 2850. The Hall–Kier alpha value is -9.22. The van der Waals surface area contributed by atoms with Crippen LogP contribution in [0.3, 0.4) is 0 Å². The quantitative estimate of drug-likeness (QED) is 0.109. The Morgan fingerprint density at radius 3 is 0.543 bits per heavy atom. The van der Waals surface area contributed by atoms with E-state index in [2.05, 4.69) is 109 Å². The van der Waals surface area contributed by atoms with Crippen molar-refractivity contribution >= 4 is 0 Å². The number of nitriles is 2. The number of hydrogen-bond acceptors (Lipinski definition) is 4. The van der Waals surface area contributed by atoms with Crippen LogP contribution in [-0.2, 0) is 22.0 Å². The zero-order chi connectivity index (χ0) is 48.0. The van der Waals surface area contributed by atoms with Gasteiger partial charge in [0.15, 0.2) is 0 Å². The molecule has 4 heteroatoms. The highest BCUT2D eigenvalue weighted by atomic mass is 16.6. The molecule has 70 heavy (non-hydrogen) atoms. The molecule has 0 atom stereocenters. The van der Waals surface area contributed by atoms with Crippen LogP contribution in [0.4, 0.5) is 0 Å². The van der Waals surface area contributed by atoms with Gasteiger partial charge in [-0.3, -0.25) is 0 Å². The summed E-state index contributed by atoms with van der Waals surface area (Å²) < 4.78 is 14.8. The van der Waals surface area contributed by atoms with Gasteiger partial charge in [-0.2, -0.15) is 10.5 Å². The SMILES string of the molecule is N#CC(c1ccccc1)(c1ccccc1)C(C#N)(c1ccccc1)c1ccccc1.c1ccc(OC(c2ccccc2)(c2ccccc2)C(Oc2ccccc2)(c2ccccc2)c2ccccc2)cc1. The van der Waals surface area contributed by atoms with Crippen LogP contribution in [0.5, 0.6) is 11.5 Å². The van der Waals surface area contributed by atoms with Gasteiger partial charge in [-0.15, -0.1) is 0 Å². The van der Waals surface area contributed by atoms with Gasteiger partial charge in [-0.1, -0.05) is 279 Å². The first-order valence-corrected chi connectivity index (χ1v) is 23.4. The molecule has 0 saturated heterocycles. The molecule has 336 valence electrons. The van der Waals surface area contributed by atoms with Crippen molar-refractivity contribution in [1.82, 2.24) is 0 Å². The minimum atomic E-state index is -1.26. The summed E-state index contributed by atoms with van der Waals surface area (Å²) in [6.45, 7) is 0. The fraction of sp³-hybridized carbons (Fsp3) is 0.0606. The summed E-state index contributed by atoms with van der Waals surface area (Å²) in [7, 11) is 0. The second kappa shape index (κ2) is 21.2. The summed E-state index contributed by atoms with van der Waals surface area (Å²) in [6.07, 6.45) is 0. The molecule has 0 spiro atoms. The van der Waals surface area contributed by atoms with E-state index in [1.807, 2.05) is 206 Å². The molecule has 0 unspecified atom stereocenters. The zero-order valence-electron chi connectivity index (χ0n) is 38.6. The molecule has 0 bridgehead atoms. The van der Waals surface area contributed by atoms with Crippen LogP contribution in [0, 0.1) is 22.7 Å². The lowest BCUT2D eigenvalue weighted by Crippen LogP contribution is -2.58. The summed E-state index contributed by atoms with van der Waals surface area (Å²) in [6, 6.07) is 105. The molecular formula is C66H50N2O2. The minimum Gasteiger partial charge on any atom is -0.473 e. The van der Waals surface area contributed by atoms with Crippen molar-refractivity contribution in [2.24, 2.45) is 0 Å². The number of benzene rings is 10. The van der Waals surface area contributed by atoms with Crippen LogP contribution in [-0.4, -0.2) is 0 Å². The molecule has 0 aliphatic rings. The molecule has 10 aromatic carbocycles. The molecule has 0 aliphatic heterocycles. The first kappa shape index (κ1) is 45.9. The van der Waals surface area contributed by atoms with E-state index in [9.17, 15) is 10.5 Å². The van der Waals surface area contributed by atoms with Gasteiger partial charge >= 0.3 is 0 Å². The van der Waals surface area contributed by atoms with Gasteiger partial charge in [0.1, 0.15) is 22.3 Å². The van der Waals surface area contributed by atoms with Crippen molar-refractivity contribution in [2.45, 2.75) is 22.0 Å². The van der Waals surface area contributed by atoms with Gasteiger partial charge in [0.25, 0.3) is 0 Å². The van der Waals surface area contributed by atoms with Gasteiger partial charge < -0.3 is 9.47 Å². The molecule has 10 rings (SSSR count). The maximum atomic E-state index is 10.9. The fourth-order valence-corrected chi connectivity index (χ4v) is 9.93. The number of para-hydroxylation sites is 2. The normalized spacial score (nSPS) is 11.4. The topological polar surface area (TPSA) is 66.0 Å². The van der Waals surface area contributed by atoms with E-state index in [0.717, 1.165) is 56.0 Å². The number of nitrogens with zero attached hydrogens (tertiary/aromatic N) is 2. The van der Waals surface area contributed by atoms with Crippen molar-refractivity contribution in [3.8, 4) is 23.6 Å². The van der Waals surface area contributed by atoms with E-state index in [1.54, 1.807) is 0 Å². The maximum absolute atomic E-state index is 10.9. The van der Waals surface area contributed by atoms with E-state index < -0.39 is 22.0 Å². The maximum Gasteiger partial charge on any atom is 0.207 e. The van der Waals surface area contributed by atoms with Gasteiger partial charge in [-0.05, 0) is 46.5 Å². The van der Waals surface area contributed by atoms with Gasteiger partial charge in [0.2, 0.25) is 11.2 Å². The van der Waals surface area contributed by atoms with E-state index in [0.29, 0.717) is 0 Å². The first-order valence-electron chi connectivity index (χ1n) is 23.4. The van der Waals surface area contributed by atoms with Gasteiger partial charge in [0, 0.05) is 22.3 Å². The zero-order valence-corrected chi connectivity index (χ0v) is 38.6. The molecule has 0 N–H and O–H groups in total. The van der Waals surface area contributed by atoms with Crippen molar-refractivity contribution in [1.29, 1.82) is 10.5 Å². The Kier molecular flexibility index (Phi) is 13.9. The van der Waals surface area contributed by atoms with Crippen LogP contribution in [0.15, 0.2) is 303 Å². The predicted octanol–water partition coefficient (Wildman–Crippen LogP) is 15.0. The Morgan fingerprint density at radius 1 is 0.214 bits per heavy atom.